The third-order valence-corrected chi connectivity index (χ3v) is 5.46. The maximum absolute atomic E-state index is 13.0. The van der Waals surface area contributed by atoms with Gasteiger partial charge in [-0.3, -0.25) is 4.79 Å². The molecule has 0 bridgehead atoms. The van der Waals surface area contributed by atoms with E-state index in [2.05, 4.69) is 31.0 Å². The fourth-order valence-electron chi connectivity index (χ4n) is 3.25. The highest BCUT2D eigenvalue weighted by Gasteiger charge is 2.31. The first-order chi connectivity index (χ1) is 14.4. The number of nitrogens with one attached hydrogen (secondary N) is 1. The van der Waals surface area contributed by atoms with Crippen molar-refractivity contribution in [2.75, 3.05) is 13.6 Å². The lowest BCUT2D eigenvalue weighted by atomic mass is 9.89. The normalized spacial score (nSPS) is 14.5. The van der Waals surface area contributed by atoms with Gasteiger partial charge >= 0.3 is 6.18 Å². The van der Waals surface area contributed by atoms with Gasteiger partial charge in [-0.15, -0.1) is 0 Å². The number of nitrogens with zero attached hydrogens (tertiary/aromatic N) is 1. The van der Waals surface area contributed by atoms with Crippen LogP contribution in [0.3, 0.4) is 0 Å². The van der Waals surface area contributed by atoms with Gasteiger partial charge in [0, 0.05) is 24.1 Å². The number of hydrogen-bond donors (Lipinski definition) is 1. The minimum atomic E-state index is -4.43. The van der Waals surface area contributed by atoms with E-state index in [9.17, 15) is 22.8 Å². The molecule has 7 heteroatoms. The summed E-state index contributed by atoms with van der Waals surface area (Å²) in [5.74, 6) is 5.12. The summed E-state index contributed by atoms with van der Waals surface area (Å²) in [5.41, 5.74) is -0.475. The first-order valence-corrected chi connectivity index (χ1v) is 10.5. The van der Waals surface area contributed by atoms with Gasteiger partial charge < -0.3 is 15.0 Å². The Morgan fingerprint density at radius 3 is 2.13 bits per heavy atom. The van der Waals surface area contributed by atoms with Crippen LogP contribution in [0, 0.1) is 29.6 Å². The molecule has 4 nitrogen and oxygen atoms in total. The van der Waals surface area contributed by atoms with E-state index < -0.39 is 23.7 Å². The third-order valence-electron chi connectivity index (χ3n) is 5.46. The summed E-state index contributed by atoms with van der Waals surface area (Å²) >= 11 is 0. The lowest BCUT2D eigenvalue weighted by molar-refractivity contribution is -0.137. The second-order valence-corrected chi connectivity index (χ2v) is 8.63. The molecule has 0 radical (unpaired) electrons. The molecule has 0 aromatic heterocycles. The highest BCUT2D eigenvalue weighted by Crippen LogP contribution is 2.29. The van der Waals surface area contributed by atoms with Gasteiger partial charge in [-0.2, -0.15) is 13.2 Å². The number of carbonyl (C=O) groups is 2. The van der Waals surface area contributed by atoms with Gasteiger partial charge in [0.25, 0.3) is 5.91 Å². The Kier molecular flexibility index (Phi) is 10.3. The maximum atomic E-state index is 13.0. The summed E-state index contributed by atoms with van der Waals surface area (Å²) in [6.45, 7) is 10.4. The van der Waals surface area contributed by atoms with Crippen molar-refractivity contribution in [2.45, 2.75) is 59.3 Å². The summed E-state index contributed by atoms with van der Waals surface area (Å²) in [6.07, 6.45) is -2.83. The number of halogens is 3. The van der Waals surface area contributed by atoms with Crippen LogP contribution in [-0.4, -0.2) is 42.8 Å². The fraction of sp³-hybridized carbons (Fsp3) is 0.583. The summed E-state index contributed by atoms with van der Waals surface area (Å²) in [5, 5.41) is 3.20. The summed E-state index contributed by atoms with van der Waals surface area (Å²) < 4.78 is 38.2. The molecular weight excluding hydrogens is 405 g/mol. The monoisotopic (exact) mass is 438 g/mol. The zero-order chi connectivity index (χ0) is 23.8. The minimum Gasteiger partial charge on any atom is -0.320 e. The average molecular weight is 439 g/mol. The van der Waals surface area contributed by atoms with Crippen LogP contribution < -0.4 is 5.32 Å². The molecule has 0 saturated carbocycles. The predicted octanol–water partition coefficient (Wildman–Crippen LogP) is 4.38. The van der Waals surface area contributed by atoms with Crippen LogP contribution in [-0.2, 0) is 15.8 Å². The van der Waals surface area contributed by atoms with E-state index >= 15 is 0 Å². The molecule has 31 heavy (non-hydrogen) atoms. The van der Waals surface area contributed by atoms with Crippen molar-refractivity contribution in [3.05, 3.63) is 35.4 Å². The van der Waals surface area contributed by atoms with Crippen molar-refractivity contribution < 1.29 is 22.8 Å². The molecule has 3 atom stereocenters. The molecule has 0 heterocycles. The molecule has 172 valence electrons. The van der Waals surface area contributed by atoms with E-state index in [-0.39, 0.29) is 17.9 Å². The van der Waals surface area contributed by atoms with Crippen LogP contribution in [0.15, 0.2) is 24.3 Å². The van der Waals surface area contributed by atoms with Crippen LogP contribution in [0.5, 0.6) is 0 Å². The summed E-state index contributed by atoms with van der Waals surface area (Å²) in [6, 6.07) is 3.67. The SMILES string of the molecule is CNC(CC(C)C)CN(C(=O)C#Cc1ccc(C(F)(F)F)cc1)C(C=O)C(C)C(C)C. The van der Waals surface area contributed by atoms with Gasteiger partial charge in [0.2, 0.25) is 0 Å². The Morgan fingerprint density at radius 1 is 1.13 bits per heavy atom. The van der Waals surface area contributed by atoms with E-state index in [0.717, 1.165) is 24.8 Å². The quantitative estimate of drug-likeness (QED) is 0.460. The van der Waals surface area contributed by atoms with Crippen molar-refractivity contribution in [3.8, 4) is 11.8 Å². The Morgan fingerprint density at radius 2 is 1.71 bits per heavy atom. The second kappa shape index (κ2) is 11.9. The fourth-order valence-corrected chi connectivity index (χ4v) is 3.25. The predicted molar refractivity (Wildman–Crippen MR) is 116 cm³/mol. The number of aldehydes is 1. The Bertz CT molecular complexity index is 777. The number of hydrogen-bond acceptors (Lipinski definition) is 3. The lowest BCUT2D eigenvalue weighted by Gasteiger charge is -2.35. The lowest BCUT2D eigenvalue weighted by Crippen LogP contribution is -2.51. The topological polar surface area (TPSA) is 49.4 Å². The number of alkyl halides is 3. The smallest absolute Gasteiger partial charge is 0.320 e. The molecule has 1 aromatic carbocycles. The molecule has 1 N–H and O–H groups in total. The molecule has 1 rings (SSSR count). The zero-order valence-electron chi connectivity index (χ0n) is 19.1. The number of rotatable bonds is 9. The van der Waals surface area contributed by atoms with Gasteiger partial charge in [-0.25, -0.2) is 0 Å². The van der Waals surface area contributed by atoms with E-state index in [4.69, 9.17) is 0 Å². The number of likely N-dealkylation sites (N-methyl/N-ethyl adjacent to an activating group) is 1. The molecular formula is C24H33F3N2O2. The van der Waals surface area contributed by atoms with Crippen molar-refractivity contribution in [1.29, 1.82) is 0 Å². The first-order valence-electron chi connectivity index (χ1n) is 10.5. The zero-order valence-corrected chi connectivity index (χ0v) is 19.1. The molecule has 1 aromatic rings. The van der Waals surface area contributed by atoms with E-state index in [1.54, 1.807) is 0 Å². The Hall–Kier alpha value is -2.33. The summed E-state index contributed by atoms with van der Waals surface area (Å²) in [4.78, 5) is 26.4. The number of benzene rings is 1. The molecule has 0 aliphatic rings. The van der Waals surface area contributed by atoms with E-state index in [1.165, 1.54) is 17.0 Å². The van der Waals surface area contributed by atoms with Gasteiger partial charge in [0.15, 0.2) is 0 Å². The van der Waals surface area contributed by atoms with Crippen LogP contribution in [0.4, 0.5) is 13.2 Å². The largest absolute Gasteiger partial charge is 0.416 e. The Balaban J connectivity index is 3.18. The van der Waals surface area contributed by atoms with Crippen LogP contribution in [0.2, 0.25) is 0 Å². The standard InChI is InChI=1S/C24H33F3N2O2/c1-16(2)13-21(28-6)14-29(22(15-30)18(5)17(3)4)23(31)12-9-19-7-10-20(11-8-19)24(25,26)27/h7-8,10-11,15-18,21-22,28H,13-14H2,1-6H3. The van der Waals surface area contributed by atoms with Gasteiger partial charge in [-0.05, 0) is 55.5 Å². The molecule has 0 fully saturated rings. The van der Waals surface area contributed by atoms with Gasteiger partial charge in [0.1, 0.15) is 6.29 Å². The van der Waals surface area contributed by atoms with E-state index in [1.807, 2.05) is 27.8 Å². The molecule has 0 saturated heterocycles. The van der Waals surface area contributed by atoms with Crippen LogP contribution in [0.1, 0.15) is 52.2 Å². The first kappa shape index (κ1) is 26.7. The Labute approximate surface area is 183 Å². The summed E-state index contributed by atoms with van der Waals surface area (Å²) in [7, 11) is 1.81. The second-order valence-electron chi connectivity index (χ2n) is 8.63. The highest BCUT2D eigenvalue weighted by atomic mass is 19.4. The molecule has 0 aliphatic heterocycles. The molecule has 0 aliphatic carbocycles. The van der Waals surface area contributed by atoms with Crippen molar-refractivity contribution in [3.63, 3.8) is 0 Å². The maximum Gasteiger partial charge on any atom is 0.416 e. The van der Waals surface area contributed by atoms with Crippen LogP contribution >= 0.6 is 0 Å². The highest BCUT2D eigenvalue weighted by molar-refractivity contribution is 5.95. The third kappa shape index (κ3) is 8.37. The van der Waals surface area contributed by atoms with Crippen molar-refractivity contribution in [2.24, 2.45) is 17.8 Å². The molecule has 0 spiro atoms. The number of carbonyl (C=O) groups excluding carboxylic acids is 2. The van der Waals surface area contributed by atoms with Crippen molar-refractivity contribution >= 4 is 12.2 Å². The van der Waals surface area contributed by atoms with Gasteiger partial charge in [0.05, 0.1) is 11.6 Å². The number of amides is 1. The minimum absolute atomic E-state index is 0.0152. The molecule has 1 amide bonds. The van der Waals surface area contributed by atoms with Crippen LogP contribution in [0.25, 0.3) is 0 Å². The van der Waals surface area contributed by atoms with Crippen molar-refractivity contribution in [1.82, 2.24) is 10.2 Å². The van der Waals surface area contributed by atoms with Gasteiger partial charge in [-0.1, -0.05) is 40.5 Å². The van der Waals surface area contributed by atoms with E-state index in [0.29, 0.717) is 18.0 Å². The molecule has 3 unspecified atom stereocenters. The average Bonchev–Trinajstić information content (AvgIpc) is 2.70.